The van der Waals surface area contributed by atoms with Crippen LogP contribution in [0.15, 0.2) is 35.3 Å². The highest BCUT2D eigenvalue weighted by atomic mass is 16.5. The lowest BCUT2D eigenvalue weighted by Gasteiger charge is -2.38. The van der Waals surface area contributed by atoms with Gasteiger partial charge in [0.25, 0.3) is 11.8 Å². The Morgan fingerprint density at radius 2 is 1.80 bits per heavy atom. The van der Waals surface area contributed by atoms with Crippen molar-refractivity contribution in [2.75, 3.05) is 39.0 Å². The summed E-state index contributed by atoms with van der Waals surface area (Å²) in [6.45, 7) is -0.0219. The van der Waals surface area contributed by atoms with Gasteiger partial charge in [-0.1, -0.05) is 0 Å². The number of carbonyl (C=O) groups is 3. The number of ether oxygens (including phenoxy) is 2. The van der Waals surface area contributed by atoms with Crippen LogP contribution in [-0.4, -0.2) is 71.6 Å². The van der Waals surface area contributed by atoms with Crippen molar-refractivity contribution in [3.8, 4) is 11.5 Å². The molecular formula is C19H19N3O8. The molecule has 158 valence electrons. The third-order valence-electron chi connectivity index (χ3n) is 4.59. The van der Waals surface area contributed by atoms with Crippen molar-refractivity contribution in [2.24, 2.45) is 0 Å². The number of aromatic nitrogens is 1. The predicted molar refractivity (Wildman–Crippen MR) is 103 cm³/mol. The molecule has 2 aromatic rings. The number of amides is 2. The number of carboxylic acids is 1. The fourth-order valence-electron chi connectivity index (χ4n) is 2.99. The van der Waals surface area contributed by atoms with Gasteiger partial charge in [-0.3, -0.25) is 14.4 Å². The molecule has 1 aromatic carbocycles. The quantitative estimate of drug-likeness (QED) is 0.675. The molecule has 0 atom stereocenters. The Bertz CT molecular complexity index is 1060. The lowest BCUT2D eigenvalue weighted by atomic mass is 10.1. The summed E-state index contributed by atoms with van der Waals surface area (Å²) in [5.74, 6) is -3.45. The summed E-state index contributed by atoms with van der Waals surface area (Å²) in [6, 6.07) is 6.13. The number of benzene rings is 1. The molecule has 0 aliphatic carbocycles. The lowest BCUT2D eigenvalue weighted by Crippen LogP contribution is -2.57. The van der Waals surface area contributed by atoms with Crippen LogP contribution in [0.25, 0.3) is 0 Å². The van der Waals surface area contributed by atoms with Crippen LogP contribution < -0.4 is 15.2 Å². The van der Waals surface area contributed by atoms with Gasteiger partial charge in [0, 0.05) is 25.4 Å². The molecule has 0 unspecified atom stereocenters. The number of hydrogen-bond donors (Lipinski definition) is 2. The van der Waals surface area contributed by atoms with Crippen LogP contribution in [0.2, 0.25) is 0 Å². The van der Waals surface area contributed by atoms with Gasteiger partial charge in [0.15, 0.2) is 11.4 Å². The number of hydrogen-bond acceptors (Lipinski definition) is 7. The van der Waals surface area contributed by atoms with Gasteiger partial charge >= 0.3 is 5.97 Å². The number of rotatable bonds is 6. The zero-order valence-electron chi connectivity index (χ0n) is 16.2. The second kappa shape index (κ2) is 8.25. The second-order valence-corrected chi connectivity index (χ2v) is 6.35. The van der Waals surface area contributed by atoms with E-state index in [1.54, 1.807) is 12.1 Å². The van der Waals surface area contributed by atoms with E-state index in [4.69, 9.17) is 9.47 Å². The fraction of sp³-hybridized carbons (Fsp3) is 0.263. The van der Waals surface area contributed by atoms with Crippen LogP contribution in [-0.2, 0) is 4.74 Å². The van der Waals surface area contributed by atoms with E-state index >= 15 is 0 Å². The molecule has 2 amide bonds. The topological polar surface area (TPSA) is 139 Å². The predicted octanol–water partition coefficient (Wildman–Crippen LogP) is 0.0988. The minimum Gasteiger partial charge on any atom is -0.502 e. The highest BCUT2D eigenvalue weighted by molar-refractivity contribution is 6.05. The van der Waals surface area contributed by atoms with Crippen molar-refractivity contribution in [1.29, 1.82) is 0 Å². The van der Waals surface area contributed by atoms with E-state index in [1.807, 2.05) is 0 Å². The normalized spacial score (nSPS) is 13.2. The Balaban J connectivity index is 2.15. The number of carbonyl (C=O) groups excluding carboxylic acids is 2. The SMILES string of the molecule is COCCN1CN(C(=O)c2ccc(OC)cc2)n2cc(C(=O)O)c(=O)c(O)c2C1=O. The van der Waals surface area contributed by atoms with Crippen LogP contribution in [0.4, 0.5) is 0 Å². The molecule has 0 saturated heterocycles. The number of methoxy groups -OCH3 is 2. The Labute approximate surface area is 170 Å². The molecule has 1 aliphatic rings. The first-order valence-corrected chi connectivity index (χ1v) is 8.76. The third kappa shape index (κ3) is 3.57. The molecule has 2 N–H and O–H groups in total. The van der Waals surface area contributed by atoms with Crippen molar-refractivity contribution in [3.05, 3.63) is 57.5 Å². The average molecular weight is 417 g/mol. The van der Waals surface area contributed by atoms with Crippen molar-refractivity contribution >= 4 is 17.8 Å². The van der Waals surface area contributed by atoms with E-state index in [9.17, 15) is 29.4 Å². The summed E-state index contributed by atoms with van der Waals surface area (Å²) in [5.41, 5.74) is -2.28. The maximum absolute atomic E-state index is 13.2. The standard InChI is InChI=1S/C19H19N3O8/c1-29-8-7-20-10-22(17(25)11-3-5-12(30-2)6-4-11)21-9-13(19(27)28)15(23)16(24)14(21)18(20)26/h3-6,9,24H,7-8,10H2,1-2H3,(H,27,28). The Morgan fingerprint density at radius 1 is 1.13 bits per heavy atom. The largest absolute Gasteiger partial charge is 0.502 e. The summed E-state index contributed by atoms with van der Waals surface area (Å²) < 4.78 is 10.9. The summed E-state index contributed by atoms with van der Waals surface area (Å²) in [5, 5.41) is 20.6. The molecule has 30 heavy (non-hydrogen) atoms. The van der Waals surface area contributed by atoms with Crippen LogP contribution >= 0.6 is 0 Å². The summed E-state index contributed by atoms with van der Waals surface area (Å²) in [4.78, 5) is 50.8. The van der Waals surface area contributed by atoms with Crippen molar-refractivity contribution in [2.45, 2.75) is 0 Å². The van der Waals surface area contributed by atoms with Crippen molar-refractivity contribution < 1.29 is 34.1 Å². The average Bonchev–Trinajstić information content (AvgIpc) is 2.74. The zero-order chi connectivity index (χ0) is 22.0. The first-order valence-electron chi connectivity index (χ1n) is 8.76. The molecule has 0 spiro atoms. The van der Waals surface area contributed by atoms with E-state index in [1.165, 1.54) is 31.3 Å². The molecular weight excluding hydrogens is 398 g/mol. The monoisotopic (exact) mass is 417 g/mol. The molecule has 11 heteroatoms. The summed E-state index contributed by atoms with van der Waals surface area (Å²) >= 11 is 0. The Hall–Kier alpha value is -3.86. The maximum atomic E-state index is 13.2. The van der Waals surface area contributed by atoms with Gasteiger partial charge in [-0.05, 0) is 24.3 Å². The molecule has 0 bridgehead atoms. The van der Waals surface area contributed by atoms with Gasteiger partial charge in [0.1, 0.15) is 18.0 Å². The minimum atomic E-state index is -1.60. The number of aromatic hydroxyl groups is 1. The number of nitrogens with zero attached hydrogens (tertiary/aromatic N) is 3. The van der Waals surface area contributed by atoms with Gasteiger partial charge in [0.2, 0.25) is 5.43 Å². The molecule has 11 nitrogen and oxygen atoms in total. The van der Waals surface area contributed by atoms with Gasteiger partial charge in [-0.25, -0.2) is 14.5 Å². The fourth-order valence-corrected chi connectivity index (χ4v) is 2.99. The first kappa shape index (κ1) is 20.9. The molecule has 1 aliphatic heterocycles. The molecule has 0 saturated carbocycles. The van der Waals surface area contributed by atoms with Gasteiger partial charge in [0.05, 0.1) is 13.7 Å². The number of carboxylic acid groups (broad SMARTS) is 1. The zero-order valence-corrected chi connectivity index (χ0v) is 16.2. The van der Waals surface area contributed by atoms with Gasteiger partial charge < -0.3 is 24.6 Å². The molecule has 3 rings (SSSR count). The van der Waals surface area contributed by atoms with Crippen LogP contribution in [0.1, 0.15) is 31.2 Å². The van der Waals surface area contributed by atoms with Gasteiger partial charge in [-0.15, -0.1) is 0 Å². The minimum absolute atomic E-state index is 0.0794. The van der Waals surface area contributed by atoms with Crippen LogP contribution in [0.5, 0.6) is 11.5 Å². The van der Waals surface area contributed by atoms with Crippen LogP contribution in [0.3, 0.4) is 0 Å². The molecule has 0 fully saturated rings. The van der Waals surface area contributed by atoms with Crippen molar-refractivity contribution in [1.82, 2.24) is 9.58 Å². The van der Waals surface area contributed by atoms with Crippen molar-refractivity contribution in [3.63, 3.8) is 0 Å². The summed E-state index contributed by atoms with van der Waals surface area (Å²) in [7, 11) is 2.91. The molecule has 2 heterocycles. The summed E-state index contributed by atoms with van der Waals surface area (Å²) in [6.07, 6.45) is 0.854. The Morgan fingerprint density at radius 3 is 2.37 bits per heavy atom. The highest BCUT2D eigenvalue weighted by Crippen LogP contribution is 2.23. The smallest absolute Gasteiger partial charge is 0.341 e. The van der Waals surface area contributed by atoms with E-state index < -0.39 is 40.2 Å². The second-order valence-electron chi connectivity index (χ2n) is 6.35. The molecule has 1 aromatic heterocycles. The van der Waals surface area contributed by atoms with E-state index in [0.29, 0.717) is 5.75 Å². The van der Waals surface area contributed by atoms with Gasteiger partial charge in [-0.2, -0.15) is 0 Å². The van der Waals surface area contributed by atoms with E-state index in [0.717, 1.165) is 15.9 Å². The number of fused-ring (bicyclic) bond motifs is 1. The maximum Gasteiger partial charge on any atom is 0.341 e. The van der Waals surface area contributed by atoms with E-state index in [-0.39, 0.29) is 25.4 Å². The lowest BCUT2D eigenvalue weighted by molar-refractivity contribution is 0.0597. The number of pyridine rings is 1. The Kier molecular flexibility index (Phi) is 5.74. The van der Waals surface area contributed by atoms with E-state index in [2.05, 4.69) is 0 Å². The molecule has 0 radical (unpaired) electrons. The highest BCUT2D eigenvalue weighted by Gasteiger charge is 2.36. The third-order valence-corrected chi connectivity index (χ3v) is 4.59. The first-order chi connectivity index (χ1) is 14.3. The van der Waals surface area contributed by atoms with Crippen LogP contribution in [0, 0.1) is 0 Å². The number of aromatic carboxylic acids is 1.